The van der Waals surface area contributed by atoms with E-state index in [1.54, 1.807) is 12.1 Å². The van der Waals surface area contributed by atoms with Crippen LogP contribution in [0.15, 0.2) is 46.9 Å². The van der Waals surface area contributed by atoms with Crippen molar-refractivity contribution in [2.45, 2.75) is 38.6 Å². The molecule has 1 aromatic heterocycles. The van der Waals surface area contributed by atoms with E-state index in [4.69, 9.17) is 4.42 Å². The van der Waals surface area contributed by atoms with Crippen LogP contribution in [0.5, 0.6) is 0 Å². The van der Waals surface area contributed by atoms with Crippen molar-refractivity contribution in [2.75, 3.05) is 26.2 Å². The topological polar surface area (TPSA) is 74.6 Å². The summed E-state index contributed by atoms with van der Waals surface area (Å²) in [5.74, 6) is 0.994. The van der Waals surface area contributed by atoms with Crippen LogP contribution in [0.3, 0.4) is 0 Å². The van der Waals surface area contributed by atoms with E-state index < -0.39 is 0 Å². The number of nitrogens with zero attached hydrogens (tertiary/aromatic N) is 1. The summed E-state index contributed by atoms with van der Waals surface area (Å²) in [6, 6.07) is 13.9. The Hall–Kier alpha value is -2.60. The molecule has 2 aromatic rings. The van der Waals surface area contributed by atoms with Crippen LogP contribution in [0.1, 0.15) is 41.1 Å². The second kappa shape index (κ2) is 10.1. The molecule has 0 radical (unpaired) electrons. The Bertz CT molecular complexity index is 764. The molecule has 28 heavy (non-hydrogen) atoms. The summed E-state index contributed by atoms with van der Waals surface area (Å²) in [7, 11) is 0. The normalized spacial score (nSPS) is 15.3. The minimum Gasteiger partial charge on any atom is -0.456 e. The number of benzene rings is 1. The Balaban J connectivity index is 1.29. The van der Waals surface area contributed by atoms with Crippen LogP contribution < -0.4 is 10.6 Å². The second-order valence-corrected chi connectivity index (χ2v) is 7.37. The van der Waals surface area contributed by atoms with Crippen LogP contribution in [0.25, 0.3) is 0 Å². The molecule has 0 spiro atoms. The first-order valence-corrected chi connectivity index (χ1v) is 10.0. The number of hydrogen-bond donors (Lipinski definition) is 2. The second-order valence-electron chi connectivity index (χ2n) is 7.37. The molecule has 2 N–H and O–H groups in total. The summed E-state index contributed by atoms with van der Waals surface area (Å²) >= 11 is 0. The predicted octanol–water partition coefficient (Wildman–Crippen LogP) is 2.53. The lowest BCUT2D eigenvalue weighted by atomic mass is 10.0. The monoisotopic (exact) mass is 383 g/mol. The Kier molecular flexibility index (Phi) is 7.25. The van der Waals surface area contributed by atoms with E-state index in [2.05, 4.69) is 27.7 Å². The maximum absolute atomic E-state index is 12.2. The fraction of sp³-hybridized carbons (Fsp3) is 0.455. The Labute approximate surface area is 166 Å². The van der Waals surface area contributed by atoms with Crippen LogP contribution in [-0.4, -0.2) is 48.9 Å². The standard InChI is InChI=1S/C22H29N3O3/c1-17-9-10-20(28-17)22(27)24-19-11-14-25(15-12-19)16-21(26)23-13-5-8-18-6-3-2-4-7-18/h2-4,6-7,9-10,19H,5,8,11-16H2,1H3,(H,23,26)(H,24,27). The number of rotatable bonds is 8. The molecule has 0 bridgehead atoms. The first-order chi connectivity index (χ1) is 13.6. The van der Waals surface area contributed by atoms with E-state index in [1.165, 1.54) is 5.56 Å². The van der Waals surface area contributed by atoms with E-state index in [-0.39, 0.29) is 17.9 Å². The van der Waals surface area contributed by atoms with Crippen LogP contribution >= 0.6 is 0 Å². The maximum Gasteiger partial charge on any atom is 0.287 e. The van der Waals surface area contributed by atoms with Gasteiger partial charge >= 0.3 is 0 Å². The fourth-order valence-corrected chi connectivity index (χ4v) is 3.47. The number of hydrogen-bond acceptors (Lipinski definition) is 4. The number of amides is 2. The molecule has 0 saturated carbocycles. The van der Waals surface area contributed by atoms with Crippen molar-refractivity contribution in [3.8, 4) is 0 Å². The summed E-state index contributed by atoms with van der Waals surface area (Å²) in [4.78, 5) is 26.4. The highest BCUT2D eigenvalue weighted by molar-refractivity contribution is 5.91. The Morgan fingerprint density at radius 2 is 1.86 bits per heavy atom. The third kappa shape index (κ3) is 6.23. The van der Waals surface area contributed by atoms with Gasteiger partial charge in [-0.15, -0.1) is 0 Å². The van der Waals surface area contributed by atoms with Crippen molar-refractivity contribution < 1.29 is 14.0 Å². The van der Waals surface area contributed by atoms with Crippen LogP contribution in [-0.2, 0) is 11.2 Å². The largest absolute Gasteiger partial charge is 0.456 e. The molecule has 1 saturated heterocycles. The highest BCUT2D eigenvalue weighted by Crippen LogP contribution is 2.12. The number of piperidine rings is 1. The molecule has 1 aliphatic heterocycles. The summed E-state index contributed by atoms with van der Waals surface area (Å²) in [6.45, 7) is 4.55. The number of nitrogens with one attached hydrogen (secondary N) is 2. The Morgan fingerprint density at radius 1 is 1.11 bits per heavy atom. The van der Waals surface area contributed by atoms with Gasteiger partial charge in [0.15, 0.2) is 5.76 Å². The lowest BCUT2D eigenvalue weighted by molar-refractivity contribution is -0.122. The average Bonchev–Trinajstić information content (AvgIpc) is 3.14. The van der Waals surface area contributed by atoms with Crippen LogP contribution in [0, 0.1) is 6.92 Å². The molecule has 6 nitrogen and oxygen atoms in total. The Morgan fingerprint density at radius 3 is 2.54 bits per heavy atom. The third-order valence-electron chi connectivity index (χ3n) is 5.06. The zero-order valence-electron chi connectivity index (χ0n) is 16.4. The van der Waals surface area contributed by atoms with Gasteiger partial charge in [-0.05, 0) is 50.3 Å². The van der Waals surface area contributed by atoms with Crippen molar-refractivity contribution in [3.63, 3.8) is 0 Å². The number of carbonyl (C=O) groups is 2. The molecule has 3 rings (SSSR count). The van der Waals surface area contributed by atoms with Crippen molar-refractivity contribution >= 4 is 11.8 Å². The SMILES string of the molecule is Cc1ccc(C(=O)NC2CCN(CC(=O)NCCCc3ccccc3)CC2)o1. The number of aryl methyl sites for hydroxylation is 2. The molecule has 0 aliphatic carbocycles. The zero-order valence-corrected chi connectivity index (χ0v) is 16.4. The highest BCUT2D eigenvalue weighted by Gasteiger charge is 2.23. The van der Waals surface area contributed by atoms with Gasteiger partial charge in [-0.2, -0.15) is 0 Å². The molecule has 150 valence electrons. The smallest absolute Gasteiger partial charge is 0.287 e. The van der Waals surface area contributed by atoms with E-state index in [1.807, 2.05) is 25.1 Å². The van der Waals surface area contributed by atoms with E-state index >= 15 is 0 Å². The number of carbonyl (C=O) groups excluding carboxylic acids is 2. The maximum atomic E-state index is 12.2. The van der Waals surface area contributed by atoms with Gasteiger partial charge in [0.25, 0.3) is 5.91 Å². The predicted molar refractivity (Wildman–Crippen MR) is 108 cm³/mol. The molecule has 6 heteroatoms. The molecule has 2 amide bonds. The summed E-state index contributed by atoms with van der Waals surface area (Å²) in [5, 5.41) is 6.02. The van der Waals surface area contributed by atoms with Gasteiger partial charge in [-0.1, -0.05) is 30.3 Å². The van der Waals surface area contributed by atoms with E-state index in [0.717, 1.165) is 44.5 Å². The fourth-order valence-electron chi connectivity index (χ4n) is 3.47. The van der Waals surface area contributed by atoms with Gasteiger partial charge in [0.05, 0.1) is 6.54 Å². The van der Waals surface area contributed by atoms with Gasteiger partial charge in [0, 0.05) is 25.7 Å². The molecule has 1 fully saturated rings. The zero-order chi connectivity index (χ0) is 19.8. The molecular weight excluding hydrogens is 354 g/mol. The van der Waals surface area contributed by atoms with E-state index in [0.29, 0.717) is 18.8 Å². The van der Waals surface area contributed by atoms with Gasteiger partial charge in [-0.25, -0.2) is 0 Å². The van der Waals surface area contributed by atoms with Crippen LogP contribution in [0.2, 0.25) is 0 Å². The third-order valence-corrected chi connectivity index (χ3v) is 5.06. The lowest BCUT2D eigenvalue weighted by Crippen LogP contribution is -2.47. The number of likely N-dealkylation sites (tertiary alicyclic amines) is 1. The summed E-state index contributed by atoms with van der Waals surface area (Å²) in [6.07, 6.45) is 3.59. The average molecular weight is 383 g/mol. The molecule has 0 atom stereocenters. The van der Waals surface area contributed by atoms with Crippen LogP contribution in [0.4, 0.5) is 0 Å². The first-order valence-electron chi connectivity index (χ1n) is 10.0. The van der Waals surface area contributed by atoms with Crippen molar-refractivity contribution in [1.82, 2.24) is 15.5 Å². The van der Waals surface area contributed by atoms with Gasteiger partial charge in [-0.3, -0.25) is 14.5 Å². The van der Waals surface area contributed by atoms with Crippen molar-refractivity contribution in [3.05, 3.63) is 59.5 Å². The summed E-state index contributed by atoms with van der Waals surface area (Å²) in [5.41, 5.74) is 1.30. The first kappa shape index (κ1) is 20.1. The van der Waals surface area contributed by atoms with Crippen molar-refractivity contribution in [1.29, 1.82) is 0 Å². The van der Waals surface area contributed by atoms with Gasteiger partial charge in [0.1, 0.15) is 5.76 Å². The van der Waals surface area contributed by atoms with Crippen molar-refractivity contribution in [2.24, 2.45) is 0 Å². The summed E-state index contributed by atoms with van der Waals surface area (Å²) < 4.78 is 5.36. The van der Waals surface area contributed by atoms with Gasteiger partial charge in [0.2, 0.25) is 5.91 Å². The van der Waals surface area contributed by atoms with E-state index in [9.17, 15) is 9.59 Å². The highest BCUT2D eigenvalue weighted by atomic mass is 16.3. The molecule has 2 heterocycles. The minimum absolute atomic E-state index is 0.0709. The molecule has 1 aromatic carbocycles. The molecular formula is C22H29N3O3. The minimum atomic E-state index is -0.164. The lowest BCUT2D eigenvalue weighted by Gasteiger charge is -2.31. The quantitative estimate of drug-likeness (QED) is 0.687. The number of furan rings is 1. The molecule has 0 unspecified atom stereocenters. The van der Waals surface area contributed by atoms with Gasteiger partial charge < -0.3 is 15.1 Å². The molecule has 1 aliphatic rings.